The van der Waals surface area contributed by atoms with E-state index in [-0.39, 0.29) is 11.6 Å². The molecule has 2 aromatic rings. The van der Waals surface area contributed by atoms with Crippen molar-refractivity contribution in [1.29, 1.82) is 0 Å². The van der Waals surface area contributed by atoms with Crippen molar-refractivity contribution in [2.45, 2.75) is 19.8 Å². The molecule has 1 aromatic heterocycles. The van der Waals surface area contributed by atoms with Crippen LogP contribution < -0.4 is 4.74 Å². The Morgan fingerprint density at radius 1 is 1.33 bits per heavy atom. The fourth-order valence-corrected chi connectivity index (χ4v) is 1.33. The highest BCUT2D eigenvalue weighted by Gasteiger charge is 2.31. The van der Waals surface area contributed by atoms with Crippen LogP contribution >= 0.6 is 0 Å². The Balaban J connectivity index is 2.26. The van der Waals surface area contributed by atoms with Crippen molar-refractivity contribution >= 4 is 0 Å². The van der Waals surface area contributed by atoms with Gasteiger partial charge in [-0.3, -0.25) is 0 Å². The molecular formula is C10H9F3N4O. The quantitative estimate of drug-likeness (QED) is 0.847. The Kier molecular flexibility index (Phi) is 3.17. The number of rotatable bonds is 3. The molecule has 1 aromatic carbocycles. The van der Waals surface area contributed by atoms with Crippen LogP contribution in [0.15, 0.2) is 24.3 Å². The predicted octanol–water partition coefficient (Wildman–Crippen LogP) is 2.26. The third-order valence-corrected chi connectivity index (χ3v) is 2.06. The van der Waals surface area contributed by atoms with Gasteiger partial charge in [-0.15, -0.1) is 23.4 Å². The van der Waals surface area contributed by atoms with Crippen molar-refractivity contribution in [3.05, 3.63) is 24.3 Å². The highest BCUT2D eigenvalue weighted by molar-refractivity contribution is 5.56. The van der Waals surface area contributed by atoms with Crippen LogP contribution in [0, 0.1) is 0 Å². The summed E-state index contributed by atoms with van der Waals surface area (Å²) < 4.78 is 40.0. The normalized spacial score (nSPS) is 11.6. The molecule has 18 heavy (non-hydrogen) atoms. The molecular weight excluding hydrogens is 249 g/mol. The molecule has 0 radical (unpaired) electrons. The molecule has 0 N–H and O–H groups in total. The smallest absolute Gasteiger partial charge is 0.406 e. The highest BCUT2D eigenvalue weighted by atomic mass is 19.4. The first-order chi connectivity index (χ1) is 8.48. The minimum absolute atomic E-state index is 0.254. The predicted molar refractivity (Wildman–Crippen MR) is 55.6 cm³/mol. The van der Waals surface area contributed by atoms with Crippen molar-refractivity contribution < 1.29 is 17.9 Å². The Labute approximate surface area is 100 Å². The van der Waals surface area contributed by atoms with Gasteiger partial charge in [-0.2, -0.15) is 4.80 Å². The molecule has 5 nitrogen and oxygen atoms in total. The summed E-state index contributed by atoms with van der Waals surface area (Å²) >= 11 is 0. The summed E-state index contributed by atoms with van der Waals surface area (Å²) in [4.78, 5) is 1.34. The maximum atomic E-state index is 12.1. The maximum absolute atomic E-state index is 12.1. The number of aromatic nitrogens is 4. The van der Waals surface area contributed by atoms with Crippen LogP contribution in [0.5, 0.6) is 5.75 Å². The summed E-state index contributed by atoms with van der Waals surface area (Å²) in [7, 11) is 0. The van der Waals surface area contributed by atoms with Gasteiger partial charge in [-0.05, 0) is 24.3 Å². The molecule has 0 saturated heterocycles. The number of ether oxygens (including phenoxy) is 1. The van der Waals surface area contributed by atoms with E-state index in [1.165, 1.54) is 23.0 Å². The van der Waals surface area contributed by atoms with Crippen LogP contribution in [0.3, 0.4) is 0 Å². The van der Waals surface area contributed by atoms with Crippen molar-refractivity contribution in [3.8, 4) is 17.1 Å². The lowest BCUT2D eigenvalue weighted by molar-refractivity contribution is -0.274. The van der Waals surface area contributed by atoms with E-state index in [4.69, 9.17) is 0 Å². The van der Waals surface area contributed by atoms with E-state index in [0.29, 0.717) is 12.1 Å². The summed E-state index contributed by atoms with van der Waals surface area (Å²) in [5, 5.41) is 11.5. The van der Waals surface area contributed by atoms with Crippen molar-refractivity contribution in [2.24, 2.45) is 0 Å². The number of halogens is 3. The molecule has 0 amide bonds. The second-order valence-electron chi connectivity index (χ2n) is 3.38. The zero-order valence-corrected chi connectivity index (χ0v) is 9.35. The summed E-state index contributed by atoms with van der Waals surface area (Å²) in [5.74, 6) is -0.0580. The third-order valence-electron chi connectivity index (χ3n) is 2.06. The second kappa shape index (κ2) is 4.63. The average Bonchev–Trinajstić information content (AvgIpc) is 2.75. The van der Waals surface area contributed by atoms with Crippen molar-refractivity contribution in [1.82, 2.24) is 20.2 Å². The molecule has 0 fully saturated rings. The van der Waals surface area contributed by atoms with E-state index in [9.17, 15) is 13.2 Å². The molecule has 0 spiro atoms. The lowest BCUT2D eigenvalue weighted by Crippen LogP contribution is -2.17. The van der Waals surface area contributed by atoms with Gasteiger partial charge in [0.25, 0.3) is 0 Å². The van der Waals surface area contributed by atoms with Gasteiger partial charge in [0.1, 0.15) is 5.75 Å². The molecule has 0 bridgehead atoms. The molecule has 0 saturated carbocycles. The first-order valence-corrected chi connectivity index (χ1v) is 5.12. The number of aryl methyl sites for hydroxylation is 1. The summed E-state index contributed by atoms with van der Waals surface area (Å²) in [5.41, 5.74) is 0.413. The van der Waals surface area contributed by atoms with E-state index in [1.54, 1.807) is 6.07 Å². The maximum Gasteiger partial charge on any atom is 0.573 e. The van der Waals surface area contributed by atoms with Gasteiger partial charge in [0.2, 0.25) is 5.82 Å². The summed E-state index contributed by atoms with van der Waals surface area (Å²) in [6.07, 6.45) is -4.72. The van der Waals surface area contributed by atoms with Crippen LogP contribution in [-0.4, -0.2) is 26.6 Å². The van der Waals surface area contributed by atoms with E-state index >= 15 is 0 Å². The number of alkyl halides is 3. The lowest BCUT2D eigenvalue weighted by Gasteiger charge is -2.08. The van der Waals surface area contributed by atoms with Gasteiger partial charge >= 0.3 is 6.36 Å². The monoisotopic (exact) mass is 258 g/mol. The minimum atomic E-state index is -4.72. The van der Waals surface area contributed by atoms with E-state index < -0.39 is 6.36 Å². The molecule has 0 unspecified atom stereocenters. The van der Waals surface area contributed by atoms with Crippen LogP contribution in [0.2, 0.25) is 0 Å². The molecule has 0 aliphatic rings. The number of nitrogens with zero attached hydrogens (tertiary/aromatic N) is 4. The van der Waals surface area contributed by atoms with Crippen LogP contribution in [0.4, 0.5) is 13.2 Å². The largest absolute Gasteiger partial charge is 0.573 e. The minimum Gasteiger partial charge on any atom is -0.406 e. The molecule has 0 aliphatic carbocycles. The van der Waals surface area contributed by atoms with Crippen molar-refractivity contribution in [3.63, 3.8) is 0 Å². The Hall–Kier alpha value is -2.12. The van der Waals surface area contributed by atoms with E-state index in [2.05, 4.69) is 20.1 Å². The first kappa shape index (κ1) is 12.3. The molecule has 8 heteroatoms. The average molecular weight is 258 g/mol. The van der Waals surface area contributed by atoms with Gasteiger partial charge in [0.15, 0.2) is 0 Å². The van der Waals surface area contributed by atoms with Crippen molar-refractivity contribution in [2.75, 3.05) is 0 Å². The zero-order chi connectivity index (χ0) is 13.2. The number of hydrogen-bond donors (Lipinski definition) is 0. The fraction of sp³-hybridized carbons (Fsp3) is 0.300. The van der Waals surface area contributed by atoms with Gasteiger partial charge in [0.05, 0.1) is 6.54 Å². The highest BCUT2D eigenvalue weighted by Crippen LogP contribution is 2.26. The van der Waals surface area contributed by atoms with Gasteiger partial charge in [-0.1, -0.05) is 12.1 Å². The fourth-order valence-electron chi connectivity index (χ4n) is 1.33. The van der Waals surface area contributed by atoms with E-state index in [0.717, 1.165) is 0 Å². The van der Waals surface area contributed by atoms with Gasteiger partial charge in [-0.25, -0.2) is 0 Å². The Morgan fingerprint density at radius 3 is 2.72 bits per heavy atom. The summed E-state index contributed by atoms with van der Waals surface area (Å²) in [6.45, 7) is 2.36. The molecule has 0 aliphatic heterocycles. The molecule has 1 heterocycles. The lowest BCUT2D eigenvalue weighted by atomic mass is 10.2. The van der Waals surface area contributed by atoms with Gasteiger partial charge in [0, 0.05) is 5.56 Å². The molecule has 2 rings (SSSR count). The van der Waals surface area contributed by atoms with E-state index in [1.807, 2.05) is 6.92 Å². The standard InChI is InChI=1S/C10H9F3N4O/c1-2-17-15-9(14-16-17)7-4-3-5-8(6-7)18-10(11,12)13/h3-6H,2H2,1H3. The number of benzene rings is 1. The van der Waals surface area contributed by atoms with Crippen LogP contribution in [-0.2, 0) is 6.54 Å². The SMILES string of the molecule is CCn1nnc(-c2cccc(OC(F)(F)F)c2)n1. The number of tetrazole rings is 1. The second-order valence-corrected chi connectivity index (χ2v) is 3.38. The Bertz CT molecular complexity index is 538. The van der Waals surface area contributed by atoms with Gasteiger partial charge < -0.3 is 4.74 Å². The number of hydrogen-bond acceptors (Lipinski definition) is 4. The zero-order valence-electron chi connectivity index (χ0n) is 9.35. The summed E-state index contributed by atoms with van der Waals surface area (Å²) in [6, 6.07) is 5.44. The topological polar surface area (TPSA) is 52.8 Å². The Morgan fingerprint density at radius 2 is 2.11 bits per heavy atom. The van der Waals surface area contributed by atoms with Crippen LogP contribution in [0.1, 0.15) is 6.92 Å². The van der Waals surface area contributed by atoms with Crippen LogP contribution in [0.25, 0.3) is 11.4 Å². The molecule has 0 atom stereocenters. The first-order valence-electron chi connectivity index (χ1n) is 5.12. The molecule has 96 valence electrons. The third kappa shape index (κ3) is 2.96.